The first-order chi connectivity index (χ1) is 10.0. The average molecular weight is 287 g/mol. The van der Waals surface area contributed by atoms with Gasteiger partial charge in [-0.25, -0.2) is 0 Å². The van der Waals surface area contributed by atoms with Crippen molar-refractivity contribution in [3.8, 4) is 0 Å². The molecule has 0 aliphatic carbocycles. The third kappa shape index (κ3) is 2.42. The van der Waals surface area contributed by atoms with Crippen molar-refractivity contribution < 1.29 is 14.4 Å². The summed E-state index contributed by atoms with van der Waals surface area (Å²) in [7, 11) is 1.45. The molecule has 1 aliphatic rings. The van der Waals surface area contributed by atoms with Gasteiger partial charge in [-0.05, 0) is 18.2 Å². The third-order valence-electron chi connectivity index (χ3n) is 3.34. The molecule has 108 valence electrons. The van der Waals surface area contributed by atoms with Crippen LogP contribution in [-0.2, 0) is 14.4 Å². The van der Waals surface area contributed by atoms with Crippen LogP contribution in [0.15, 0.2) is 24.4 Å². The maximum atomic E-state index is 12.0. The SMILES string of the molecule is CN1NC(=O)C(CC(=O)Nc2ccc3cn[nH]c3c2)C1=O. The van der Waals surface area contributed by atoms with Crippen molar-refractivity contribution in [3.05, 3.63) is 24.4 Å². The van der Waals surface area contributed by atoms with E-state index < -0.39 is 23.6 Å². The summed E-state index contributed by atoms with van der Waals surface area (Å²) in [6, 6.07) is 5.29. The second kappa shape index (κ2) is 4.89. The molecule has 0 spiro atoms. The minimum atomic E-state index is -0.967. The zero-order valence-electron chi connectivity index (χ0n) is 11.2. The third-order valence-corrected chi connectivity index (χ3v) is 3.34. The van der Waals surface area contributed by atoms with Crippen LogP contribution in [0.4, 0.5) is 5.69 Å². The van der Waals surface area contributed by atoms with Crippen LogP contribution in [0.3, 0.4) is 0 Å². The van der Waals surface area contributed by atoms with Gasteiger partial charge in [-0.1, -0.05) is 0 Å². The van der Waals surface area contributed by atoms with Crippen LogP contribution in [-0.4, -0.2) is 40.0 Å². The summed E-state index contributed by atoms with van der Waals surface area (Å²) in [5, 5.41) is 11.4. The number of nitrogens with zero attached hydrogens (tertiary/aromatic N) is 2. The molecule has 21 heavy (non-hydrogen) atoms. The van der Waals surface area contributed by atoms with Gasteiger partial charge in [0.05, 0.1) is 11.7 Å². The molecule has 8 heteroatoms. The number of hydrogen-bond acceptors (Lipinski definition) is 4. The van der Waals surface area contributed by atoms with Crippen LogP contribution >= 0.6 is 0 Å². The van der Waals surface area contributed by atoms with Crippen molar-refractivity contribution in [1.82, 2.24) is 20.6 Å². The fourth-order valence-corrected chi connectivity index (χ4v) is 2.24. The molecule has 8 nitrogen and oxygen atoms in total. The number of H-pyrrole nitrogens is 1. The number of hydrogen-bond donors (Lipinski definition) is 3. The molecule has 3 rings (SSSR count). The number of carbonyl (C=O) groups is 3. The molecule has 2 heterocycles. The Kier molecular flexibility index (Phi) is 3.05. The Labute approximate surface area is 119 Å². The Bertz CT molecular complexity index is 738. The molecule has 1 atom stereocenters. The highest BCUT2D eigenvalue weighted by atomic mass is 16.2. The number of fused-ring (bicyclic) bond motifs is 1. The monoisotopic (exact) mass is 287 g/mol. The highest BCUT2D eigenvalue weighted by Gasteiger charge is 2.38. The number of nitrogens with one attached hydrogen (secondary N) is 3. The van der Waals surface area contributed by atoms with Crippen molar-refractivity contribution in [2.24, 2.45) is 5.92 Å². The van der Waals surface area contributed by atoms with Crippen molar-refractivity contribution in [2.75, 3.05) is 12.4 Å². The summed E-state index contributed by atoms with van der Waals surface area (Å²) in [5.41, 5.74) is 3.73. The summed E-state index contributed by atoms with van der Waals surface area (Å²) in [6.07, 6.45) is 1.49. The second-order valence-corrected chi connectivity index (χ2v) is 4.85. The van der Waals surface area contributed by atoms with Gasteiger partial charge >= 0.3 is 0 Å². The normalized spacial score (nSPS) is 18.1. The van der Waals surface area contributed by atoms with Gasteiger partial charge in [0, 0.05) is 24.5 Å². The first kappa shape index (κ1) is 13.1. The summed E-state index contributed by atoms with van der Waals surface area (Å²) < 4.78 is 0. The predicted octanol–water partition coefficient (Wildman–Crippen LogP) is 0.0109. The second-order valence-electron chi connectivity index (χ2n) is 4.85. The summed E-state index contributed by atoms with van der Waals surface area (Å²) >= 11 is 0. The Morgan fingerprint density at radius 3 is 2.95 bits per heavy atom. The Morgan fingerprint density at radius 1 is 1.43 bits per heavy atom. The molecule has 0 saturated carbocycles. The zero-order valence-corrected chi connectivity index (χ0v) is 11.2. The number of carbonyl (C=O) groups excluding carboxylic acids is 3. The molecule has 1 aromatic carbocycles. The average Bonchev–Trinajstić information content (AvgIpc) is 2.99. The van der Waals surface area contributed by atoms with E-state index in [2.05, 4.69) is 20.9 Å². The quantitative estimate of drug-likeness (QED) is 0.691. The molecule has 0 bridgehead atoms. The molecule has 1 unspecified atom stereocenters. The fraction of sp³-hybridized carbons (Fsp3) is 0.231. The van der Waals surface area contributed by atoms with Crippen LogP contribution in [0.25, 0.3) is 10.9 Å². The van der Waals surface area contributed by atoms with Crippen molar-refractivity contribution >= 4 is 34.3 Å². The molecular formula is C13H13N5O3. The Hall–Kier alpha value is -2.90. The van der Waals surface area contributed by atoms with Gasteiger partial charge in [-0.2, -0.15) is 5.10 Å². The van der Waals surface area contributed by atoms with Crippen molar-refractivity contribution in [1.29, 1.82) is 0 Å². The van der Waals surface area contributed by atoms with Crippen molar-refractivity contribution in [3.63, 3.8) is 0 Å². The van der Waals surface area contributed by atoms with E-state index in [1.165, 1.54) is 7.05 Å². The number of hydrazine groups is 1. The lowest BCUT2D eigenvalue weighted by Crippen LogP contribution is -2.31. The topological polar surface area (TPSA) is 107 Å². The van der Waals surface area contributed by atoms with Crippen LogP contribution in [0, 0.1) is 5.92 Å². The van der Waals surface area contributed by atoms with Gasteiger partial charge in [-0.3, -0.25) is 29.9 Å². The predicted molar refractivity (Wildman–Crippen MR) is 73.7 cm³/mol. The lowest BCUT2D eigenvalue weighted by molar-refractivity contribution is -0.134. The number of aromatic amines is 1. The van der Waals surface area contributed by atoms with E-state index in [1.807, 2.05) is 6.07 Å². The van der Waals surface area contributed by atoms with Crippen LogP contribution in [0.1, 0.15) is 6.42 Å². The molecule has 1 fully saturated rings. The van der Waals surface area contributed by atoms with Gasteiger partial charge < -0.3 is 5.32 Å². The highest BCUT2D eigenvalue weighted by molar-refractivity contribution is 6.09. The van der Waals surface area contributed by atoms with Gasteiger partial charge in [0.1, 0.15) is 5.92 Å². The largest absolute Gasteiger partial charge is 0.326 e. The number of rotatable bonds is 3. The van der Waals surface area contributed by atoms with Crippen molar-refractivity contribution in [2.45, 2.75) is 6.42 Å². The molecular weight excluding hydrogens is 274 g/mol. The van der Waals surface area contributed by atoms with E-state index in [4.69, 9.17) is 0 Å². The molecule has 3 amide bonds. The maximum absolute atomic E-state index is 12.0. The number of benzene rings is 1. The Balaban J connectivity index is 1.69. The van der Waals surface area contributed by atoms with Gasteiger partial charge in [0.2, 0.25) is 5.91 Å². The van der Waals surface area contributed by atoms with Gasteiger partial charge in [-0.15, -0.1) is 0 Å². The lowest BCUT2D eigenvalue weighted by Gasteiger charge is -2.08. The van der Waals surface area contributed by atoms with E-state index in [0.717, 1.165) is 15.9 Å². The van der Waals surface area contributed by atoms with E-state index >= 15 is 0 Å². The number of amides is 3. The summed E-state index contributed by atoms with van der Waals surface area (Å²) in [4.78, 5) is 35.2. The van der Waals surface area contributed by atoms with Gasteiger partial charge in [0.15, 0.2) is 0 Å². The van der Waals surface area contributed by atoms with Crippen LogP contribution < -0.4 is 10.7 Å². The lowest BCUT2D eigenvalue weighted by atomic mass is 10.0. The van der Waals surface area contributed by atoms with Crippen LogP contribution in [0.5, 0.6) is 0 Å². The molecule has 2 aromatic rings. The zero-order chi connectivity index (χ0) is 15.0. The van der Waals surface area contributed by atoms with E-state index in [9.17, 15) is 14.4 Å². The number of aromatic nitrogens is 2. The van der Waals surface area contributed by atoms with E-state index in [0.29, 0.717) is 5.69 Å². The smallest absolute Gasteiger partial charge is 0.253 e. The fourth-order valence-electron chi connectivity index (χ4n) is 2.24. The van der Waals surface area contributed by atoms with Crippen LogP contribution in [0.2, 0.25) is 0 Å². The van der Waals surface area contributed by atoms with Gasteiger partial charge in [0.25, 0.3) is 11.8 Å². The minimum Gasteiger partial charge on any atom is -0.326 e. The molecule has 3 N–H and O–H groups in total. The van der Waals surface area contributed by atoms with E-state index in [1.54, 1.807) is 18.3 Å². The standard InChI is InChI=1S/C13H13N5O3/c1-18-13(21)9(12(20)17-18)5-11(19)15-8-3-2-7-6-14-16-10(7)4-8/h2-4,6,9H,5H2,1H3,(H,14,16)(H,15,19)(H,17,20). The first-order valence-corrected chi connectivity index (χ1v) is 6.35. The minimum absolute atomic E-state index is 0.185. The summed E-state index contributed by atoms with van der Waals surface area (Å²) in [5.74, 6) is -2.22. The van der Waals surface area contributed by atoms with E-state index in [-0.39, 0.29) is 6.42 Å². The molecule has 1 aromatic heterocycles. The maximum Gasteiger partial charge on any atom is 0.253 e. The Morgan fingerprint density at radius 2 is 2.24 bits per heavy atom. The molecule has 1 aliphatic heterocycles. The molecule has 0 radical (unpaired) electrons. The molecule has 1 saturated heterocycles. The first-order valence-electron chi connectivity index (χ1n) is 6.35. The number of anilines is 1. The summed E-state index contributed by atoms with van der Waals surface area (Å²) in [6.45, 7) is 0. The highest BCUT2D eigenvalue weighted by Crippen LogP contribution is 2.18.